The number of rotatable bonds is 6. The molecule has 202 valence electrons. The molecule has 1 aromatic heterocycles. The normalized spacial score (nSPS) is 16.9. The monoisotopic (exact) mass is 541 g/mol. The molecule has 1 saturated heterocycles. The summed E-state index contributed by atoms with van der Waals surface area (Å²) < 4.78 is 89.8. The second-order valence-corrected chi connectivity index (χ2v) is 8.31. The van der Waals surface area contributed by atoms with E-state index < -0.39 is 35.3 Å². The molecule has 14 heteroatoms. The molecule has 3 aromatic rings. The van der Waals surface area contributed by atoms with Gasteiger partial charge >= 0.3 is 12.4 Å². The van der Waals surface area contributed by atoms with Crippen LogP contribution in [0.25, 0.3) is 17.5 Å². The number of nitrogens with zero attached hydrogens (tertiary/aromatic N) is 4. The molecule has 0 amide bonds. The Labute approximate surface area is 212 Å². The maximum absolute atomic E-state index is 13.8. The van der Waals surface area contributed by atoms with Gasteiger partial charge in [0.2, 0.25) is 17.7 Å². The maximum Gasteiger partial charge on any atom is 0.419 e. The third kappa shape index (κ3) is 6.01. The highest BCUT2D eigenvalue weighted by Gasteiger charge is 2.36. The fourth-order valence-electron chi connectivity index (χ4n) is 3.96. The van der Waals surface area contributed by atoms with Gasteiger partial charge in [0.1, 0.15) is 18.4 Å². The highest BCUT2D eigenvalue weighted by molar-refractivity contribution is 5.78. The molecule has 0 radical (unpaired) electrons. The van der Waals surface area contributed by atoms with E-state index in [0.29, 0.717) is 24.9 Å². The van der Waals surface area contributed by atoms with Crippen molar-refractivity contribution in [2.24, 2.45) is 10.9 Å². The van der Waals surface area contributed by atoms with Gasteiger partial charge in [-0.05, 0) is 54.8 Å². The first-order valence-corrected chi connectivity index (χ1v) is 11.2. The van der Waals surface area contributed by atoms with Crippen LogP contribution in [0.2, 0.25) is 0 Å². The van der Waals surface area contributed by atoms with E-state index in [1.165, 1.54) is 30.4 Å². The van der Waals surface area contributed by atoms with Gasteiger partial charge in [-0.15, -0.1) is 0 Å². The Hall–Kier alpha value is -4.23. The zero-order valence-electron chi connectivity index (χ0n) is 19.5. The van der Waals surface area contributed by atoms with Crippen LogP contribution in [0, 0.1) is 0 Å². The second-order valence-electron chi connectivity index (χ2n) is 8.31. The quantitative estimate of drug-likeness (QED) is 0.135. The number of halogens is 6. The number of aromatic nitrogens is 2. The van der Waals surface area contributed by atoms with Crippen molar-refractivity contribution in [1.29, 1.82) is 0 Å². The molecule has 0 spiro atoms. The molecule has 0 unspecified atom stereocenters. The topological polar surface area (TPSA) is 110 Å². The van der Waals surface area contributed by atoms with Gasteiger partial charge in [0.15, 0.2) is 0 Å². The predicted molar refractivity (Wildman–Crippen MR) is 123 cm³/mol. The molecule has 1 fully saturated rings. The number of hydrogen-bond acceptors (Lipinski definition) is 6. The van der Waals surface area contributed by atoms with E-state index in [1.807, 2.05) is 0 Å². The van der Waals surface area contributed by atoms with Crippen molar-refractivity contribution in [2.45, 2.75) is 31.2 Å². The van der Waals surface area contributed by atoms with Gasteiger partial charge in [0.25, 0.3) is 0 Å². The fraction of sp³-hybridized carbons (Fsp3) is 0.292. The van der Waals surface area contributed by atoms with Crippen LogP contribution in [0.3, 0.4) is 0 Å². The third-order valence-electron chi connectivity index (χ3n) is 5.80. The second kappa shape index (κ2) is 10.6. The zero-order valence-corrected chi connectivity index (χ0v) is 19.5. The van der Waals surface area contributed by atoms with Crippen molar-refractivity contribution in [3.05, 3.63) is 71.1 Å². The van der Waals surface area contributed by atoms with E-state index in [1.54, 1.807) is 4.90 Å². The molecule has 2 aromatic carbocycles. The summed E-state index contributed by atoms with van der Waals surface area (Å²) in [6.45, 7) is 0.219. The van der Waals surface area contributed by atoms with Crippen LogP contribution in [0.1, 0.15) is 41.5 Å². The zero-order chi connectivity index (χ0) is 27.5. The minimum absolute atomic E-state index is 0.0355. The van der Waals surface area contributed by atoms with Gasteiger partial charge in [0.05, 0.1) is 11.1 Å². The van der Waals surface area contributed by atoms with E-state index in [9.17, 15) is 26.3 Å². The molecule has 38 heavy (non-hydrogen) atoms. The Morgan fingerprint density at radius 3 is 2.53 bits per heavy atom. The van der Waals surface area contributed by atoms with Crippen molar-refractivity contribution in [3.8, 4) is 17.1 Å². The van der Waals surface area contributed by atoms with Crippen molar-refractivity contribution in [1.82, 2.24) is 15.0 Å². The minimum Gasteiger partial charge on any atom is -0.489 e. The van der Waals surface area contributed by atoms with Crippen molar-refractivity contribution < 1.29 is 40.8 Å². The lowest BCUT2D eigenvalue weighted by Crippen LogP contribution is -2.36. The van der Waals surface area contributed by atoms with E-state index in [2.05, 4.69) is 15.3 Å². The van der Waals surface area contributed by atoms with E-state index >= 15 is 0 Å². The molecule has 0 bridgehead atoms. The minimum atomic E-state index is -4.76. The first-order valence-electron chi connectivity index (χ1n) is 11.2. The number of hydrogen-bond donors (Lipinski definition) is 2. The van der Waals surface area contributed by atoms with Crippen LogP contribution in [-0.2, 0) is 12.4 Å². The molecule has 1 aliphatic heterocycles. The van der Waals surface area contributed by atoms with Gasteiger partial charge in [-0.3, -0.25) is 0 Å². The highest BCUT2D eigenvalue weighted by Crippen LogP contribution is 2.39. The van der Waals surface area contributed by atoms with Crippen LogP contribution in [-0.4, -0.2) is 39.4 Å². The number of nitrogens with two attached hydrogens (primary N) is 1. The molecule has 0 aliphatic carbocycles. The number of benzene rings is 2. The van der Waals surface area contributed by atoms with Crippen LogP contribution >= 0.6 is 0 Å². The maximum atomic E-state index is 13.8. The van der Waals surface area contributed by atoms with Crippen molar-refractivity contribution >= 4 is 12.0 Å². The lowest BCUT2D eigenvalue weighted by molar-refractivity contribution is -0.139. The van der Waals surface area contributed by atoms with Gasteiger partial charge in [-0.25, -0.2) is 0 Å². The average molecular weight is 541 g/mol. The number of ether oxygens (including phenoxy) is 1. The average Bonchev–Trinajstić information content (AvgIpc) is 3.55. The van der Waals surface area contributed by atoms with Gasteiger partial charge < -0.3 is 25.1 Å². The lowest BCUT2D eigenvalue weighted by atomic mass is 10.1. The summed E-state index contributed by atoms with van der Waals surface area (Å²) in [5.41, 5.74) is 4.25. The molecule has 2 heterocycles. The van der Waals surface area contributed by atoms with Crippen molar-refractivity contribution in [3.63, 3.8) is 0 Å². The number of likely N-dealkylation sites (tertiary alicyclic amines) is 1. The fourth-order valence-corrected chi connectivity index (χ4v) is 3.96. The largest absolute Gasteiger partial charge is 0.489 e. The molecule has 3 N–H and O–H groups in total. The van der Waals surface area contributed by atoms with Gasteiger partial charge in [-0.2, -0.15) is 31.3 Å². The van der Waals surface area contributed by atoms with Gasteiger partial charge in [0, 0.05) is 12.1 Å². The Bertz CT molecular complexity index is 1320. The predicted octanol–water partition coefficient (Wildman–Crippen LogP) is 5.71. The van der Waals surface area contributed by atoms with E-state index in [0.717, 1.165) is 24.3 Å². The highest BCUT2D eigenvalue weighted by atomic mass is 19.4. The Balaban J connectivity index is 1.48. The number of guanidine groups is 1. The van der Waals surface area contributed by atoms with Crippen LogP contribution in [0.4, 0.5) is 26.3 Å². The van der Waals surface area contributed by atoms with Crippen LogP contribution < -0.4 is 10.5 Å². The van der Waals surface area contributed by atoms with E-state index in [-0.39, 0.29) is 29.8 Å². The summed E-state index contributed by atoms with van der Waals surface area (Å²) in [5, 5.41) is 15.7. The Kier molecular flexibility index (Phi) is 7.51. The summed E-state index contributed by atoms with van der Waals surface area (Å²) in [7, 11) is 0. The van der Waals surface area contributed by atoms with E-state index in [4.69, 9.17) is 20.2 Å². The summed E-state index contributed by atoms with van der Waals surface area (Å²) in [6, 6.07) is 7.11. The number of oxime groups is 1. The summed E-state index contributed by atoms with van der Waals surface area (Å²) in [5.74, 6) is -0.548. The molecule has 4 rings (SSSR count). The summed E-state index contributed by atoms with van der Waals surface area (Å²) >= 11 is 0. The smallest absolute Gasteiger partial charge is 0.419 e. The molecular weight excluding hydrogens is 520 g/mol. The molecule has 1 aliphatic rings. The molecule has 0 saturated carbocycles. The number of alkyl halides is 6. The Morgan fingerprint density at radius 2 is 1.87 bits per heavy atom. The van der Waals surface area contributed by atoms with Crippen LogP contribution in [0.5, 0.6) is 5.75 Å². The summed E-state index contributed by atoms with van der Waals surface area (Å²) in [4.78, 5) is 5.76. The molecular formula is C24H21F6N5O3. The Morgan fingerprint density at radius 1 is 1.13 bits per heavy atom. The lowest BCUT2D eigenvalue weighted by Gasteiger charge is -2.21. The first kappa shape index (κ1) is 26.8. The van der Waals surface area contributed by atoms with Gasteiger partial charge in [-0.1, -0.05) is 28.5 Å². The molecule has 1 atom stereocenters. The summed E-state index contributed by atoms with van der Waals surface area (Å²) in [6.07, 6.45) is -5.13. The third-order valence-corrected chi connectivity index (χ3v) is 5.80. The standard InChI is InChI=1S/C24H21F6N5O3/c25-23(26,27)16-8-5-14(6-9-16)3-2-12-37-19-10-7-15(13-17(19)24(28,29)30)20-32-21(38-34-20)18-4-1-11-35(18)22(31)33-36/h2-3,5-10,13,18,36H,1,4,11-12H2,(H2,31,33)/b3-2-/t18-/m0/s1. The first-order chi connectivity index (χ1) is 18.0. The van der Waals surface area contributed by atoms with Crippen LogP contribution in [0.15, 0.2) is 58.2 Å². The van der Waals surface area contributed by atoms with Crippen molar-refractivity contribution in [2.75, 3.05) is 13.2 Å². The SMILES string of the molecule is N/C(=N\O)N1CCC[C@H]1c1nc(-c2ccc(OC/C=C\c3ccc(C(F)(F)F)cc3)c(C(F)(F)F)c2)no1. The molecule has 8 nitrogen and oxygen atoms in total.